The first-order chi connectivity index (χ1) is 13.8. The molecule has 0 unspecified atom stereocenters. The summed E-state index contributed by atoms with van der Waals surface area (Å²) in [6.07, 6.45) is -0.166. The van der Waals surface area contributed by atoms with Crippen molar-refractivity contribution >= 4 is 28.7 Å². The fourth-order valence-corrected chi connectivity index (χ4v) is 3.00. The van der Waals surface area contributed by atoms with Gasteiger partial charge in [-0.3, -0.25) is 15.0 Å². The largest absolute Gasteiger partial charge is 0.496 e. The average molecular weight is 395 g/mol. The minimum atomic E-state index is -0.988. The topological polar surface area (TPSA) is 143 Å². The molecule has 29 heavy (non-hydrogen) atoms. The van der Waals surface area contributed by atoms with Crippen LogP contribution in [0, 0.1) is 5.41 Å². The number of carboxylic acids is 1. The molecule has 150 valence electrons. The van der Waals surface area contributed by atoms with E-state index >= 15 is 0 Å². The number of amides is 1. The molecule has 0 saturated heterocycles. The van der Waals surface area contributed by atoms with Crippen LogP contribution in [0.15, 0.2) is 36.4 Å². The Morgan fingerprint density at radius 2 is 1.97 bits per heavy atom. The van der Waals surface area contributed by atoms with Gasteiger partial charge in [0.15, 0.2) is 0 Å². The Kier molecular flexibility index (Phi) is 5.49. The summed E-state index contributed by atoms with van der Waals surface area (Å²) in [5.41, 5.74) is 8.61. The molecule has 0 saturated carbocycles. The molecule has 0 bridgehead atoms. The highest BCUT2D eigenvalue weighted by molar-refractivity contribution is 6.01. The Balaban J connectivity index is 1.99. The lowest BCUT2D eigenvalue weighted by Gasteiger charge is -2.09. The maximum absolute atomic E-state index is 12.5. The number of aryl methyl sites for hydroxylation is 1. The standard InChI is InChI=1S/C20H21N5O4/c1-25-15-10-16(29-2)13(20(28)23-8-7-17(26)27)9-14(15)24-19(25)12-5-3-11(4-6-12)18(21)22/h3-6,9-10H,7-8H2,1-2H3,(H3,21,22)(H,23,28)(H,26,27). The number of nitrogen functional groups attached to an aromatic ring is 1. The number of fused-ring (bicyclic) bond motifs is 1. The van der Waals surface area contributed by atoms with Crippen molar-refractivity contribution in [2.24, 2.45) is 12.8 Å². The molecule has 1 aromatic heterocycles. The van der Waals surface area contributed by atoms with Crippen molar-refractivity contribution in [1.29, 1.82) is 5.41 Å². The first kappa shape index (κ1) is 19.9. The van der Waals surface area contributed by atoms with Crippen LogP contribution in [0.3, 0.4) is 0 Å². The number of imidazole rings is 1. The zero-order chi connectivity index (χ0) is 21.1. The van der Waals surface area contributed by atoms with E-state index in [0.29, 0.717) is 22.7 Å². The summed E-state index contributed by atoms with van der Waals surface area (Å²) in [6, 6.07) is 10.5. The van der Waals surface area contributed by atoms with Crippen LogP contribution >= 0.6 is 0 Å². The summed E-state index contributed by atoms with van der Waals surface area (Å²) in [5, 5.41) is 18.8. The number of nitrogens with zero attached hydrogens (tertiary/aromatic N) is 2. The number of ether oxygens (including phenoxy) is 1. The minimum Gasteiger partial charge on any atom is -0.496 e. The lowest BCUT2D eigenvalue weighted by Crippen LogP contribution is -2.26. The Morgan fingerprint density at radius 1 is 1.28 bits per heavy atom. The molecular weight excluding hydrogens is 374 g/mol. The van der Waals surface area contributed by atoms with Gasteiger partial charge >= 0.3 is 5.97 Å². The number of aliphatic carboxylic acids is 1. The summed E-state index contributed by atoms with van der Waals surface area (Å²) >= 11 is 0. The molecule has 9 nitrogen and oxygen atoms in total. The molecule has 0 aliphatic heterocycles. The fourth-order valence-electron chi connectivity index (χ4n) is 3.00. The maximum atomic E-state index is 12.5. The second-order valence-electron chi connectivity index (χ2n) is 6.43. The molecule has 2 aromatic carbocycles. The minimum absolute atomic E-state index is 0.00941. The third-order valence-corrected chi connectivity index (χ3v) is 4.53. The highest BCUT2D eigenvalue weighted by Crippen LogP contribution is 2.29. The zero-order valence-electron chi connectivity index (χ0n) is 16.0. The van der Waals surface area contributed by atoms with Gasteiger partial charge in [-0.25, -0.2) is 4.98 Å². The van der Waals surface area contributed by atoms with Gasteiger partial charge in [-0.2, -0.15) is 0 Å². The average Bonchev–Trinajstić information content (AvgIpc) is 3.02. The van der Waals surface area contributed by atoms with Gasteiger partial charge in [0.05, 0.1) is 30.1 Å². The number of carbonyl (C=O) groups is 2. The van der Waals surface area contributed by atoms with E-state index in [2.05, 4.69) is 10.3 Å². The van der Waals surface area contributed by atoms with Crippen LogP contribution in [0.2, 0.25) is 0 Å². The van der Waals surface area contributed by atoms with Crippen LogP contribution in [0.1, 0.15) is 22.3 Å². The van der Waals surface area contributed by atoms with E-state index in [1.165, 1.54) is 7.11 Å². The van der Waals surface area contributed by atoms with Crippen molar-refractivity contribution in [3.63, 3.8) is 0 Å². The van der Waals surface area contributed by atoms with Crippen molar-refractivity contribution in [3.8, 4) is 17.1 Å². The predicted molar refractivity (Wildman–Crippen MR) is 108 cm³/mol. The Hall–Kier alpha value is -3.88. The van der Waals surface area contributed by atoms with Crippen LogP contribution in [0.4, 0.5) is 0 Å². The quantitative estimate of drug-likeness (QED) is 0.354. The van der Waals surface area contributed by atoms with Gasteiger partial charge < -0.3 is 25.5 Å². The highest BCUT2D eigenvalue weighted by atomic mass is 16.5. The Morgan fingerprint density at radius 3 is 2.55 bits per heavy atom. The number of carbonyl (C=O) groups excluding carboxylic acids is 1. The molecule has 1 heterocycles. The summed E-state index contributed by atoms with van der Waals surface area (Å²) < 4.78 is 7.24. The smallest absolute Gasteiger partial charge is 0.305 e. The Labute approximate surface area is 166 Å². The molecule has 9 heteroatoms. The van der Waals surface area contributed by atoms with E-state index in [0.717, 1.165) is 11.1 Å². The number of hydrogen-bond acceptors (Lipinski definition) is 5. The van der Waals surface area contributed by atoms with Crippen molar-refractivity contribution in [3.05, 3.63) is 47.5 Å². The summed E-state index contributed by atoms with van der Waals surface area (Å²) in [4.78, 5) is 27.7. The molecule has 0 aliphatic rings. The normalized spacial score (nSPS) is 10.7. The third-order valence-electron chi connectivity index (χ3n) is 4.53. The fraction of sp³-hybridized carbons (Fsp3) is 0.200. The molecule has 3 aromatic rings. The van der Waals surface area contributed by atoms with Crippen molar-refractivity contribution in [2.75, 3.05) is 13.7 Å². The molecular formula is C20H21N5O4. The predicted octanol–water partition coefficient (Wildman–Crippen LogP) is 1.74. The lowest BCUT2D eigenvalue weighted by atomic mass is 10.1. The van der Waals surface area contributed by atoms with Gasteiger partial charge in [0.1, 0.15) is 17.4 Å². The van der Waals surface area contributed by atoms with Crippen molar-refractivity contribution < 1.29 is 19.4 Å². The number of carboxylic acid groups (broad SMARTS) is 1. The number of benzene rings is 2. The number of aromatic nitrogens is 2. The molecule has 0 spiro atoms. The van der Waals surface area contributed by atoms with E-state index in [-0.39, 0.29) is 24.4 Å². The molecule has 1 amide bonds. The number of rotatable bonds is 7. The van der Waals surface area contributed by atoms with Crippen LogP contribution in [-0.4, -0.2) is 46.0 Å². The van der Waals surface area contributed by atoms with E-state index in [1.54, 1.807) is 24.3 Å². The van der Waals surface area contributed by atoms with E-state index < -0.39 is 11.9 Å². The van der Waals surface area contributed by atoms with E-state index in [4.69, 9.17) is 21.0 Å². The van der Waals surface area contributed by atoms with Crippen LogP contribution < -0.4 is 15.8 Å². The number of nitrogens with one attached hydrogen (secondary N) is 2. The zero-order valence-corrected chi connectivity index (χ0v) is 16.0. The first-order valence-electron chi connectivity index (χ1n) is 8.81. The molecule has 3 rings (SSSR count). The summed E-state index contributed by atoms with van der Waals surface area (Å²) in [7, 11) is 3.32. The van der Waals surface area contributed by atoms with Gasteiger partial charge in [-0.1, -0.05) is 24.3 Å². The third kappa shape index (κ3) is 4.03. The summed E-state index contributed by atoms with van der Waals surface area (Å²) in [6.45, 7) is 0.0192. The number of amidine groups is 1. The second kappa shape index (κ2) is 8.01. The number of hydrogen-bond donors (Lipinski definition) is 4. The monoisotopic (exact) mass is 395 g/mol. The molecule has 0 fully saturated rings. The van der Waals surface area contributed by atoms with Crippen molar-refractivity contribution in [1.82, 2.24) is 14.9 Å². The molecule has 0 aliphatic carbocycles. The van der Waals surface area contributed by atoms with E-state index in [9.17, 15) is 9.59 Å². The van der Waals surface area contributed by atoms with Gasteiger partial charge in [0.25, 0.3) is 5.91 Å². The van der Waals surface area contributed by atoms with Crippen LogP contribution in [-0.2, 0) is 11.8 Å². The molecule has 0 atom stereocenters. The highest BCUT2D eigenvalue weighted by Gasteiger charge is 2.18. The molecule has 0 radical (unpaired) electrons. The van der Waals surface area contributed by atoms with Gasteiger partial charge in [-0.15, -0.1) is 0 Å². The lowest BCUT2D eigenvalue weighted by molar-refractivity contribution is -0.136. The number of methoxy groups -OCH3 is 1. The number of nitrogens with two attached hydrogens (primary N) is 1. The Bertz CT molecular complexity index is 1100. The van der Waals surface area contributed by atoms with Crippen LogP contribution in [0.25, 0.3) is 22.4 Å². The van der Waals surface area contributed by atoms with Crippen molar-refractivity contribution in [2.45, 2.75) is 6.42 Å². The summed E-state index contributed by atoms with van der Waals surface area (Å²) in [5.74, 6) is -0.377. The molecule has 5 N–H and O–H groups in total. The van der Waals surface area contributed by atoms with Gasteiger partial charge in [0.2, 0.25) is 0 Å². The van der Waals surface area contributed by atoms with Gasteiger partial charge in [-0.05, 0) is 6.07 Å². The first-order valence-corrected chi connectivity index (χ1v) is 8.81. The van der Waals surface area contributed by atoms with E-state index in [1.807, 2.05) is 23.7 Å². The van der Waals surface area contributed by atoms with Gasteiger partial charge in [0, 0.05) is 30.8 Å². The van der Waals surface area contributed by atoms with Crippen LogP contribution in [0.5, 0.6) is 5.75 Å². The maximum Gasteiger partial charge on any atom is 0.305 e. The second-order valence-corrected chi connectivity index (χ2v) is 6.43. The SMILES string of the molecule is COc1cc2c(cc1C(=O)NCCC(=O)O)nc(-c1ccc(C(=N)N)cc1)n2C.